The predicted molar refractivity (Wildman–Crippen MR) is 66.7 cm³/mol. The Morgan fingerprint density at radius 3 is 2.00 bits per heavy atom. The van der Waals surface area contributed by atoms with Crippen LogP contribution in [0.3, 0.4) is 0 Å². The first-order chi connectivity index (χ1) is 7.16. The highest BCUT2D eigenvalue weighted by Gasteiger charge is 1.95. The van der Waals surface area contributed by atoms with E-state index >= 15 is 0 Å². The number of hydrogen-bond donors (Lipinski definition) is 4. The zero-order valence-corrected chi connectivity index (χ0v) is 10.2. The lowest BCUT2D eigenvalue weighted by atomic mass is 10.3. The standard InChI is InChI=1S/C4H8N2.C4H6O.CH4O.H4N2.H2O/c1-4-2-3-5-6-4;1-3-4(2)5;2*1-2;/h5H,2-3H2,1H3;3H,1H2,2H3;2H,1H3;1-2H2;1H2. The Labute approximate surface area is 96.5 Å². The molecule has 0 amide bonds. The molecule has 0 spiro atoms. The van der Waals surface area contributed by atoms with Crippen LogP contribution in [0.5, 0.6) is 0 Å². The number of rotatable bonds is 1. The van der Waals surface area contributed by atoms with Gasteiger partial charge in [-0.1, -0.05) is 6.58 Å². The molecule has 98 valence electrons. The summed E-state index contributed by atoms with van der Waals surface area (Å²) in [6.07, 6.45) is 2.40. The van der Waals surface area contributed by atoms with E-state index in [1.807, 2.05) is 6.92 Å². The molecular weight excluding hydrogens is 212 g/mol. The number of nitrogens with one attached hydrogen (secondary N) is 1. The van der Waals surface area contributed by atoms with Gasteiger partial charge in [0, 0.05) is 25.8 Å². The fourth-order valence-corrected chi connectivity index (χ4v) is 0.484. The third-order valence-electron chi connectivity index (χ3n) is 1.16. The number of hydrogen-bond acceptors (Lipinski definition) is 6. The summed E-state index contributed by atoms with van der Waals surface area (Å²) < 4.78 is 0. The van der Waals surface area contributed by atoms with Gasteiger partial charge in [-0.05, 0) is 19.9 Å². The first-order valence-electron chi connectivity index (χ1n) is 4.34. The highest BCUT2D eigenvalue weighted by atomic mass is 16.2. The van der Waals surface area contributed by atoms with Gasteiger partial charge in [0.05, 0.1) is 0 Å². The van der Waals surface area contributed by atoms with Gasteiger partial charge < -0.3 is 16.0 Å². The molecule has 0 saturated heterocycles. The maximum atomic E-state index is 9.69. The molecule has 1 aliphatic heterocycles. The number of aliphatic hydroxyl groups excluding tert-OH is 1. The number of hydrazone groups is 1. The summed E-state index contributed by atoms with van der Waals surface area (Å²) in [6.45, 7) is 7.74. The van der Waals surface area contributed by atoms with E-state index < -0.39 is 0 Å². The second-order valence-corrected chi connectivity index (χ2v) is 2.32. The highest BCUT2D eigenvalue weighted by molar-refractivity contribution is 5.86. The Hall–Kier alpha value is -1.28. The predicted octanol–water partition coefficient (Wildman–Crippen LogP) is -1.28. The lowest BCUT2D eigenvalue weighted by Crippen LogP contribution is -2.02. The Kier molecular flexibility index (Phi) is 35.4. The van der Waals surface area contributed by atoms with Gasteiger partial charge in [-0.2, -0.15) is 5.10 Å². The van der Waals surface area contributed by atoms with E-state index in [1.165, 1.54) is 18.7 Å². The molecule has 0 aromatic rings. The molecule has 0 aromatic carbocycles. The van der Waals surface area contributed by atoms with E-state index in [2.05, 4.69) is 28.8 Å². The number of ketones is 1. The van der Waals surface area contributed by atoms with E-state index in [0.717, 1.165) is 20.1 Å². The van der Waals surface area contributed by atoms with Gasteiger partial charge in [0.15, 0.2) is 5.78 Å². The molecule has 8 N–H and O–H groups in total. The average molecular weight is 236 g/mol. The molecule has 0 saturated carbocycles. The first kappa shape index (κ1) is 24.1. The summed E-state index contributed by atoms with van der Waals surface area (Å²) >= 11 is 0. The van der Waals surface area contributed by atoms with Crippen LogP contribution < -0.4 is 17.1 Å². The zero-order chi connectivity index (χ0) is 12.7. The highest BCUT2D eigenvalue weighted by Crippen LogP contribution is 1.88. The molecule has 7 nitrogen and oxygen atoms in total. The third kappa shape index (κ3) is 29.3. The number of allylic oxidation sites excluding steroid dienone is 1. The van der Waals surface area contributed by atoms with Crippen molar-refractivity contribution >= 4 is 11.5 Å². The van der Waals surface area contributed by atoms with Crippen molar-refractivity contribution in [3.05, 3.63) is 12.7 Å². The number of carbonyl (C=O) groups excluding carboxylic acids is 1. The number of nitrogens with two attached hydrogens (primary N) is 2. The molecule has 1 heterocycles. The summed E-state index contributed by atoms with van der Waals surface area (Å²) in [7, 11) is 1.00. The van der Waals surface area contributed by atoms with Crippen LogP contribution in [0.4, 0.5) is 0 Å². The van der Waals surface area contributed by atoms with Crippen LogP contribution in [0, 0.1) is 0 Å². The zero-order valence-electron chi connectivity index (χ0n) is 10.2. The van der Waals surface area contributed by atoms with E-state index in [0.29, 0.717) is 0 Å². The fraction of sp³-hybridized carbons (Fsp3) is 0.556. The molecule has 0 radical (unpaired) electrons. The second-order valence-electron chi connectivity index (χ2n) is 2.32. The monoisotopic (exact) mass is 236 g/mol. The van der Waals surface area contributed by atoms with Crippen LogP contribution in [-0.4, -0.2) is 35.7 Å². The van der Waals surface area contributed by atoms with Crippen molar-refractivity contribution in [2.45, 2.75) is 20.3 Å². The van der Waals surface area contributed by atoms with Gasteiger partial charge in [-0.3, -0.25) is 16.5 Å². The largest absolute Gasteiger partial charge is 0.412 e. The Balaban J connectivity index is -0.0000000664. The first-order valence-corrected chi connectivity index (χ1v) is 4.34. The molecule has 0 atom stereocenters. The van der Waals surface area contributed by atoms with Crippen molar-refractivity contribution in [2.75, 3.05) is 13.7 Å². The molecule has 0 aliphatic carbocycles. The SMILES string of the molecule is C=CC(C)=O.CC1=NNCC1.CO.NN.O. The molecule has 0 aromatic heterocycles. The van der Waals surface area contributed by atoms with Crippen LogP contribution in [0.2, 0.25) is 0 Å². The normalized spacial score (nSPS) is 10.2. The molecule has 0 unspecified atom stereocenters. The maximum absolute atomic E-state index is 9.69. The van der Waals surface area contributed by atoms with Gasteiger partial charge in [-0.15, -0.1) is 0 Å². The van der Waals surface area contributed by atoms with Crippen molar-refractivity contribution in [1.29, 1.82) is 0 Å². The average Bonchev–Trinajstić information content (AvgIpc) is 2.76. The Morgan fingerprint density at radius 1 is 1.56 bits per heavy atom. The summed E-state index contributed by atoms with van der Waals surface area (Å²) in [5.74, 6) is 8.02. The summed E-state index contributed by atoms with van der Waals surface area (Å²) in [6, 6.07) is 0. The lowest BCUT2D eigenvalue weighted by Gasteiger charge is -1.76. The van der Waals surface area contributed by atoms with Gasteiger partial charge in [-0.25, -0.2) is 0 Å². The second kappa shape index (κ2) is 23.5. The van der Waals surface area contributed by atoms with Crippen LogP contribution in [-0.2, 0) is 4.79 Å². The van der Waals surface area contributed by atoms with Gasteiger partial charge in [0.1, 0.15) is 0 Å². The van der Waals surface area contributed by atoms with Crippen LogP contribution in [0.15, 0.2) is 17.8 Å². The molecule has 16 heavy (non-hydrogen) atoms. The van der Waals surface area contributed by atoms with Crippen molar-refractivity contribution in [2.24, 2.45) is 16.8 Å². The van der Waals surface area contributed by atoms with E-state index in [4.69, 9.17) is 5.11 Å². The topological polar surface area (TPSA) is 145 Å². The number of aliphatic hydroxyl groups is 1. The van der Waals surface area contributed by atoms with E-state index in [9.17, 15) is 4.79 Å². The van der Waals surface area contributed by atoms with Crippen molar-refractivity contribution < 1.29 is 15.4 Å². The molecular formula is C9H24N4O3. The molecule has 7 heteroatoms. The van der Waals surface area contributed by atoms with Crippen LogP contribution >= 0.6 is 0 Å². The quantitative estimate of drug-likeness (QED) is 0.254. The Bertz CT molecular complexity index is 184. The number of hydrazine groups is 1. The molecule has 1 aliphatic rings. The lowest BCUT2D eigenvalue weighted by molar-refractivity contribution is -0.112. The molecule has 1 rings (SSSR count). The molecule has 0 fully saturated rings. The summed E-state index contributed by atoms with van der Waals surface area (Å²) in [5, 5.41) is 10.9. The smallest absolute Gasteiger partial charge is 0.152 e. The van der Waals surface area contributed by atoms with E-state index in [-0.39, 0.29) is 11.3 Å². The fourth-order valence-electron chi connectivity index (χ4n) is 0.484. The summed E-state index contributed by atoms with van der Waals surface area (Å²) in [4.78, 5) is 9.69. The maximum Gasteiger partial charge on any atom is 0.152 e. The minimum atomic E-state index is 0. The van der Waals surface area contributed by atoms with Gasteiger partial charge in [0.25, 0.3) is 0 Å². The Morgan fingerprint density at radius 2 is 1.94 bits per heavy atom. The third-order valence-corrected chi connectivity index (χ3v) is 1.16. The van der Waals surface area contributed by atoms with E-state index in [1.54, 1.807) is 0 Å². The van der Waals surface area contributed by atoms with Crippen molar-refractivity contribution in [3.8, 4) is 0 Å². The van der Waals surface area contributed by atoms with Gasteiger partial charge >= 0.3 is 0 Å². The minimum absolute atomic E-state index is 0. The van der Waals surface area contributed by atoms with Gasteiger partial charge in [0.2, 0.25) is 0 Å². The van der Waals surface area contributed by atoms with Crippen molar-refractivity contribution in [1.82, 2.24) is 5.43 Å². The van der Waals surface area contributed by atoms with Crippen molar-refractivity contribution in [3.63, 3.8) is 0 Å². The number of nitrogens with zero attached hydrogens (tertiary/aromatic N) is 1. The molecule has 0 bridgehead atoms. The summed E-state index contributed by atoms with van der Waals surface area (Å²) in [5.41, 5.74) is 4.08. The minimum Gasteiger partial charge on any atom is -0.412 e. The van der Waals surface area contributed by atoms with Crippen LogP contribution in [0.1, 0.15) is 20.3 Å². The van der Waals surface area contributed by atoms with Crippen LogP contribution in [0.25, 0.3) is 0 Å². The number of carbonyl (C=O) groups is 1.